The molecule has 0 unspecified atom stereocenters. The number of anilines is 1. The van der Waals surface area contributed by atoms with E-state index in [1.165, 1.54) is 36.4 Å². The molecule has 0 spiro atoms. The second-order valence-electron chi connectivity index (χ2n) is 5.25. The molecule has 2 aromatic rings. The average Bonchev–Trinajstić information content (AvgIpc) is 2.93. The highest BCUT2D eigenvalue weighted by Gasteiger charge is 2.22. The molecule has 0 amide bonds. The second-order valence-corrected chi connectivity index (χ2v) is 6.94. The quantitative estimate of drug-likeness (QED) is 0.861. The maximum Gasteiger partial charge on any atom is 0.260 e. The summed E-state index contributed by atoms with van der Waals surface area (Å²) >= 11 is 0. The lowest BCUT2D eigenvalue weighted by Crippen LogP contribution is -2.14. The van der Waals surface area contributed by atoms with Gasteiger partial charge in [-0.15, -0.1) is 0 Å². The molecule has 116 valence electrons. The van der Waals surface area contributed by atoms with Crippen molar-refractivity contribution in [1.82, 2.24) is 0 Å². The molecule has 0 bridgehead atoms. The van der Waals surface area contributed by atoms with Crippen LogP contribution in [-0.2, 0) is 16.4 Å². The summed E-state index contributed by atoms with van der Waals surface area (Å²) in [5, 5.41) is 0. The predicted molar refractivity (Wildman–Crippen MR) is 87.3 cm³/mol. The molecule has 0 heterocycles. The normalized spacial score (nSPS) is 13.2. The van der Waals surface area contributed by atoms with Gasteiger partial charge in [0.1, 0.15) is 5.82 Å². The Morgan fingerprint density at radius 1 is 1.26 bits per heavy atom. The van der Waals surface area contributed by atoms with Crippen LogP contribution in [0.3, 0.4) is 0 Å². The highest BCUT2D eigenvalue weighted by atomic mass is 32.2. The summed E-state index contributed by atoms with van der Waals surface area (Å²) in [5.74, 6) is -0.357. The van der Waals surface area contributed by atoms with Crippen LogP contribution >= 0.6 is 0 Å². The van der Waals surface area contributed by atoms with Gasteiger partial charge in [-0.25, -0.2) is 17.7 Å². The molecule has 3 rings (SSSR count). The Morgan fingerprint density at radius 3 is 2.78 bits per heavy atom. The zero-order valence-electron chi connectivity index (χ0n) is 12.3. The van der Waals surface area contributed by atoms with Gasteiger partial charge in [-0.2, -0.15) is 0 Å². The van der Waals surface area contributed by atoms with Crippen LogP contribution in [0.1, 0.15) is 18.1 Å². The lowest BCUT2D eigenvalue weighted by Gasteiger charge is -2.13. The van der Waals surface area contributed by atoms with Crippen molar-refractivity contribution in [3.63, 3.8) is 0 Å². The highest BCUT2D eigenvalue weighted by molar-refractivity contribution is 7.92. The SMILES string of the molecule is [C-]#[N+]c1cccc(S(=O)(=O)Nc2ccc(F)c3c2CC=C3C)c1. The van der Waals surface area contributed by atoms with E-state index in [0.29, 0.717) is 23.2 Å². The van der Waals surface area contributed by atoms with E-state index in [9.17, 15) is 12.8 Å². The summed E-state index contributed by atoms with van der Waals surface area (Å²) in [6, 6.07) is 8.47. The van der Waals surface area contributed by atoms with Crippen molar-refractivity contribution in [1.29, 1.82) is 0 Å². The number of halogens is 1. The van der Waals surface area contributed by atoms with Crippen LogP contribution in [0.25, 0.3) is 10.4 Å². The summed E-state index contributed by atoms with van der Waals surface area (Å²) in [6.07, 6.45) is 2.35. The summed E-state index contributed by atoms with van der Waals surface area (Å²) in [4.78, 5) is 3.24. The number of hydrogen-bond acceptors (Lipinski definition) is 2. The van der Waals surface area contributed by atoms with Crippen molar-refractivity contribution in [3.05, 3.63) is 70.8 Å². The maximum absolute atomic E-state index is 13.9. The van der Waals surface area contributed by atoms with E-state index in [-0.39, 0.29) is 16.4 Å². The number of nitrogens with zero attached hydrogens (tertiary/aromatic N) is 1. The topological polar surface area (TPSA) is 50.5 Å². The zero-order chi connectivity index (χ0) is 16.6. The zero-order valence-corrected chi connectivity index (χ0v) is 13.1. The summed E-state index contributed by atoms with van der Waals surface area (Å²) in [5.41, 5.74) is 2.50. The molecule has 1 aliphatic rings. The van der Waals surface area contributed by atoms with Gasteiger partial charge >= 0.3 is 0 Å². The largest absolute Gasteiger partial charge is 0.279 e. The summed E-state index contributed by atoms with van der Waals surface area (Å²) < 4.78 is 41.5. The van der Waals surface area contributed by atoms with Gasteiger partial charge in [-0.1, -0.05) is 18.2 Å². The molecule has 4 nitrogen and oxygen atoms in total. The highest BCUT2D eigenvalue weighted by Crippen LogP contribution is 2.35. The van der Waals surface area contributed by atoms with Crippen molar-refractivity contribution >= 4 is 27.0 Å². The van der Waals surface area contributed by atoms with Crippen LogP contribution in [0.15, 0.2) is 47.4 Å². The molecule has 0 fully saturated rings. The molecule has 0 radical (unpaired) electrons. The first-order valence-electron chi connectivity index (χ1n) is 6.91. The minimum absolute atomic E-state index is 0.00625. The van der Waals surface area contributed by atoms with Gasteiger partial charge in [-0.3, -0.25) is 4.72 Å². The Kier molecular flexibility index (Phi) is 3.66. The number of benzene rings is 2. The Bertz CT molecular complexity index is 973. The molecular weight excluding hydrogens is 315 g/mol. The number of fused-ring (bicyclic) bond motifs is 1. The Hall–Kier alpha value is -2.65. The van der Waals surface area contributed by atoms with Crippen molar-refractivity contribution in [2.45, 2.75) is 18.2 Å². The number of nitrogens with one attached hydrogen (secondary N) is 1. The van der Waals surface area contributed by atoms with Gasteiger partial charge in [0.15, 0.2) is 5.69 Å². The van der Waals surface area contributed by atoms with Crippen molar-refractivity contribution < 1.29 is 12.8 Å². The lowest BCUT2D eigenvalue weighted by molar-refractivity contribution is 0.601. The van der Waals surface area contributed by atoms with Gasteiger partial charge < -0.3 is 0 Å². The minimum Gasteiger partial charge on any atom is -0.279 e. The summed E-state index contributed by atoms with van der Waals surface area (Å²) in [7, 11) is -3.84. The molecule has 0 aliphatic heterocycles. The molecule has 6 heteroatoms. The molecule has 0 saturated heterocycles. The lowest BCUT2D eigenvalue weighted by atomic mass is 10.0. The van der Waals surface area contributed by atoms with Gasteiger partial charge in [0, 0.05) is 5.56 Å². The minimum atomic E-state index is -3.84. The second kappa shape index (κ2) is 5.52. The first kappa shape index (κ1) is 15.3. The van der Waals surface area contributed by atoms with E-state index < -0.39 is 10.0 Å². The van der Waals surface area contributed by atoms with E-state index in [4.69, 9.17) is 6.57 Å². The number of rotatable bonds is 3. The molecule has 2 aromatic carbocycles. The molecule has 1 aliphatic carbocycles. The van der Waals surface area contributed by atoms with Crippen molar-refractivity contribution in [3.8, 4) is 0 Å². The Balaban J connectivity index is 2.02. The third-order valence-corrected chi connectivity index (χ3v) is 5.13. The third kappa shape index (κ3) is 2.71. The third-order valence-electron chi connectivity index (χ3n) is 3.77. The average molecular weight is 328 g/mol. The first-order valence-corrected chi connectivity index (χ1v) is 8.39. The fraction of sp³-hybridized carbons (Fsp3) is 0.118. The van der Waals surface area contributed by atoms with E-state index >= 15 is 0 Å². The smallest absolute Gasteiger partial charge is 0.260 e. The van der Waals surface area contributed by atoms with E-state index in [1.54, 1.807) is 6.92 Å². The van der Waals surface area contributed by atoms with Gasteiger partial charge in [0.2, 0.25) is 0 Å². The maximum atomic E-state index is 13.9. The van der Waals surface area contributed by atoms with Crippen LogP contribution in [0, 0.1) is 12.4 Å². The van der Waals surface area contributed by atoms with Gasteiger partial charge in [0.05, 0.1) is 17.2 Å². The molecule has 23 heavy (non-hydrogen) atoms. The molecule has 1 N–H and O–H groups in total. The van der Waals surface area contributed by atoms with Crippen LogP contribution in [-0.4, -0.2) is 8.42 Å². The van der Waals surface area contributed by atoms with Crippen LogP contribution < -0.4 is 4.72 Å². The monoisotopic (exact) mass is 328 g/mol. The van der Waals surface area contributed by atoms with Crippen LogP contribution in [0.5, 0.6) is 0 Å². The molecular formula is C17H13FN2O2S. The van der Waals surface area contributed by atoms with Gasteiger partial charge in [-0.05, 0) is 48.7 Å². The van der Waals surface area contributed by atoms with E-state index in [0.717, 1.165) is 5.57 Å². The summed E-state index contributed by atoms with van der Waals surface area (Å²) in [6.45, 7) is 8.77. The van der Waals surface area contributed by atoms with Crippen LogP contribution in [0.2, 0.25) is 0 Å². The Morgan fingerprint density at radius 2 is 2.04 bits per heavy atom. The van der Waals surface area contributed by atoms with Crippen LogP contribution in [0.4, 0.5) is 15.8 Å². The Labute approximate surface area is 134 Å². The number of allylic oxidation sites excluding steroid dienone is 2. The molecule has 0 saturated carbocycles. The predicted octanol–water partition coefficient (Wildman–Crippen LogP) is 4.14. The standard InChI is InChI=1S/C17H13FN2O2S/c1-11-6-7-14-16(9-8-15(18)17(11)14)20-23(21,22)13-5-3-4-12(10-13)19-2/h3-6,8-10,20H,7H2,1H3. The van der Waals surface area contributed by atoms with E-state index in [2.05, 4.69) is 9.57 Å². The van der Waals surface area contributed by atoms with Gasteiger partial charge in [0.25, 0.3) is 10.0 Å². The van der Waals surface area contributed by atoms with E-state index in [1.807, 2.05) is 6.08 Å². The molecule has 0 atom stereocenters. The number of hydrogen-bond donors (Lipinski definition) is 1. The fourth-order valence-electron chi connectivity index (χ4n) is 2.63. The molecule has 0 aromatic heterocycles. The number of sulfonamides is 1. The fourth-order valence-corrected chi connectivity index (χ4v) is 3.77. The van der Waals surface area contributed by atoms with Crippen molar-refractivity contribution in [2.75, 3.05) is 4.72 Å². The van der Waals surface area contributed by atoms with Crippen molar-refractivity contribution in [2.24, 2.45) is 0 Å². The first-order chi connectivity index (χ1) is 10.9.